The lowest BCUT2D eigenvalue weighted by Gasteiger charge is -2.08. The van der Waals surface area contributed by atoms with E-state index in [2.05, 4.69) is 10.3 Å². The summed E-state index contributed by atoms with van der Waals surface area (Å²) in [4.78, 5) is 14.2. The molecular formula is C12H9Cl2N3O2. The van der Waals surface area contributed by atoms with Crippen molar-refractivity contribution in [2.75, 3.05) is 5.32 Å². The molecule has 0 aliphatic rings. The van der Waals surface area contributed by atoms with Gasteiger partial charge in [-0.05, 0) is 24.6 Å². The van der Waals surface area contributed by atoms with Crippen LogP contribution in [0.15, 0.2) is 30.3 Å². The van der Waals surface area contributed by atoms with Gasteiger partial charge in [0.25, 0.3) is 5.69 Å². The predicted molar refractivity (Wildman–Crippen MR) is 75.4 cm³/mol. The summed E-state index contributed by atoms with van der Waals surface area (Å²) in [6.45, 7) is 1.91. The summed E-state index contributed by atoms with van der Waals surface area (Å²) >= 11 is 11.8. The Bertz CT molecular complexity index is 647. The van der Waals surface area contributed by atoms with Crippen LogP contribution < -0.4 is 5.32 Å². The lowest BCUT2D eigenvalue weighted by atomic mass is 10.2. The number of benzene rings is 1. The number of nitrogens with one attached hydrogen (secondary N) is 1. The van der Waals surface area contributed by atoms with E-state index in [4.69, 9.17) is 23.2 Å². The maximum atomic E-state index is 10.7. The molecule has 1 aromatic heterocycles. The average molecular weight is 298 g/mol. The first-order valence-corrected chi connectivity index (χ1v) is 6.06. The smallest absolute Gasteiger partial charge is 0.276 e. The van der Waals surface area contributed by atoms with E-state index in [0.29, 0.717) is 10.7 Å². The van der Waals surface area contributed by atoms with Crippen molar-refractivity contribution in [1.29, 1.82) is 0 Å². The van der Waals surface area contributed by atoms with Crippen LogP contribution in [0.4, 0.5) is 17.2 Å². The molecule has 7 heteroatoms. The first-order valence-electron chi connectivity index (χ1n) is 5.31. The minimum absolute atomic E-state index is 0.0421. The van der Waals surface area contributed by atoms with Gasteiger partial charge in [-0.15, -0.1) is 0 Å². The molecule has 0 aliphatic heterocycles. The van der Waals surface area contributed by atoms with Crippen LogP contribution >= 0.6 is 23.2 Å². The topological polar surface area (TPSA) is 68.1 Å². The first kappa shape index (κ1) is 13.6. The highest BCUT2D eigenvalue weighted by atomic mass is 35.5. The fourth-order valence-electron chi connectivity index (χ4n) is 1.53. The van der Waals surface area contributed by atoms with Crippen LogP contribution in [0, 0.1) is 17.0 Å². The molecule has 2 aromatic rings. The Morgan fingerprint density at radius 1 is 1.26 bits per heavy atom. The van der Waals surface area contributed by atoms with Crippen molar-refractivity contribution < 1.29 is 4.92 Å². The Kier molecular flexibility index (Phi) is 3.87. The van der Waals surface area contributed by atoms with Crippen LogP contribution in [0.5, 0.6) is 0 Å². The van der Waals surface area contributed by atoms with Crippen molar-refractivity contribution in [1.82, 2.24) is 4.98 Å². The van der Waals surface area contributed by atoms with Crippen LogP contribution in [0.2, 0.25) is 10.2 Å². The molecule has 0 radical (unpaired) electrons. The number of hydrogen-bond donors (Lipinski definition) is 1. The van der Waals surface area contributed by atoms with Crippen LogP contribution in [-0.4, -0.2) is 9.91 Å². The quantitative estimate of drug-likeness (QED) is 0.519. The lowest BCUT2D eigenvalue weighted by molar-refractivity contribution is -0.384. The summed E-state index contributed by atoms with van der Waals surface area (Å²) in [6, 6.07) is 7.89. The number of rotatable bonds is 3. The van der Waals surface area contributed by atoms with Gasteiger partial charge in [-0.2, -0.15) is 0 Å². The fourth-order valence-corrected chi connectivity index (χ4v) is 1.89. The minimum Gasteiger partial charge on any atom is -0.339 e. The molecular weight excluding hydrogens is 289 g/mol. The number of halogens is 2. The zero-order valence-electron chi connectivity index (χ0n) is 9.85. The predicted octanol–water partition coefficient (Wildman–Crippen LogP) is 4.35. The van der Waals surface area contributed by atoms with Gasteiger partial charge in [0.15, 0.2) is 0 Å². The van der Waals surface area contributed by atoms with Crippen LogP contribution in [0.25, 0.3) is 0 Å². The maximum absolute atomic E-state index is 10.7. The summed E-state index contributed by atoms with van der Waals surface area (Å²) < 4.78 is 0. The molecule has 0 bridgehead atoms. The Morgan fingerprint density at radius 2 is 2.00 bits per heavy atom. The van der Waals surface area contributed by atoms with Crippen molar-refractivity contribution >= 4 is 40.4 Å². The van der Waals surface area contributed by atoms with Crippen molar-refractivity contribution in [3.63, 3.8) is 0 Å². The molecule has 0 amide bonds. The van der Waals surface area contributed by atoms with E-state index in [1.54, 1.807) is 6.07 Å². The summed E-state index contributed by atoms with van der Waals surface area (Å²) in [5.41, 5.74) is 1.49. The highest BCUT2D eigenvalue weighted by Crippen LogP contribution is 2.28. The van der Waals surface area contributed by atoms with Crippen LogP contribution in [-0.2, 0) is 0 Å². The van der Waals surface area contributed by atoms with E-state index in [1.165, 1.54) is 12.1 Å². The molecule has 98 valence electrons. The zero-order chi connectivity index (χ0) is 14.0. The molecule has 0 aliphatic carbocycles. The number of aromatic nitrogens is 1. The van der Waals surface area contributed by atoms with E-state index >= 15 is 0 Å². The molecule has 0 atom stereocenters. The molecule has 0 unspecified atom stereocenters. The van der Waals surface area contributed by atoms with Crippen molar-refractivity contribution in [2.45, 2.75) is 6.92 Å². The largest absolute Gasteiger partial charge is 0.339 e. The highest BCUT2D eigenvalue weighted by Gasteiger charge is 2.11. The molecule has 19 heavy (non-hydrogen) atoms. The van der Waals surface area contributed by atoms with Gasteiger partial charge >= 0.3 is 0 Å². The standard InChI is InChI=1S/C12H9Cl2N3O2/c1-7-2-3-9(13)10(4-7)15-12-6-8(17(18)19)5-11(14)16-12/h2-6H,1H3,(H,15,16). The summed E-state index contributed by atoms with van der Waals surface area (Å²) in [6.07, 6.45) is 0. The molecule has 0 saturated heterocycles. The molecule has 0 spiro atoms. The number of hydrogen-bond acceptors (Lipinski definition) is 4. The lowest BCUT2D eigenvalue weighted by Crippen LogP contribution is -1.97. The number of anilines is 2. The molecule has 1 N–H and O–H groups in total. The second-order valence-electron chi connectivity index (χ2n) is 3.90. The van der Waals surface area contributed by atoms with E-state index < -0.39 is 4.92 Å². The molecule has 5 nitrogen and oxygen atoms in total. The van der Waals surface area contributed by atoms with Gasteiger partial charge in [0.05, 0.1) is 27.8 Å². The zero-order valence-corrected chi connectivity index (χ0v) is 11.4. The number of pyridine rings is 1. The highest BCUT2D eigenvalue weighted by molar-refractivity contribution is 6.33. The average Bonchev–Trinajstić information content (AvgIpc) is 2.33. The Balaban J connectivity index is 2.38. The Labute approximate surface area is 119 Å². The van der Waals surface area contributed by atoms with Crippen molar-refractivity contribution in [3.05, 3.63) is 56.2 Å². The SMILES string of the molecule is Cc1ccc(Cl)c(Nc2cc([N+](=O)[O-])cc(Cl)n2)c1. The monoisotopic (exact) mass is 297 g/mol. The Hall–Kier alpha value is -1.85. The van der Waals surface area contributed by atoms with E-state index in [9.17, 15) is 10.1 Å². The normalized spacial score (nSPS) is 10.3. The number of aryl methyl sites for hydroxylation is 1. The van der Waals surface area contributed by atoms with Gasteiger partial charge in [-0.3, -0.25) is 10.1 Å². The number of nitrogens with zero attached hydrogens (tertiary/aromatic N) is 2. The molecule has 1 heterocycles. The third-order valence-electron chi connectivity index (χ3n) is 2.37. The summed E-state index contributed by atoms with van der Waals surface area (Å²) in [5.74, 6) is 0.270. The van der Waals surface area contributed by atoms with E-state index in [1.807, 2.05) is 19.1 Å². The van der Waals surface area contributed by atoms with Gasteiger partial charge in [-0.25, -0.2) is 4.98 Å². The molecule has 0 saturated carbocycles. The number of nitro groups is 1. The van der Waals surface area contributed by atoms with Crippen LogP contribution in [0.3, 0.4) is 0 Å². The van der Waals surface area contributed by atoms with E-state index in [-0.39, 0.29) is 16.7 Å². The van der Waals surface area contributed by atoms with Crippen molar-refractivity contribution in [2.24, 2.45) is 0 Å². The summed E-state index contributed by atoms with van der Waals surface area (Å²) in [7, 11) is 0. The Morgan fingerprint density at radius 3 is 2.68 bits per heavy atom. The van der Waals surface area contributed by atoms with Crippen LogP contribution in [0.1, 0.15) is 5.56 Å². The maximum Gasteiger partial charge on any atom is 0.276 e. The molecule has 2 rings (SSSR count). The van der Waals surface area contributed by atoms with Gasteiger partial charge in [-0.1, -0.05) is 29.3 Å². The van der Waals surface area contributed by atoms with Crippen molar-refractivity contribution in [3.8, 4) is 0 Å². The third kappa shape index (κ3) is 3.33. The van der Waals surface area contributed by atoms with Gasteiger partial charge in [0.1, 0.15) is 11.0 Å². The van der Waals surface area contributed by atoms with Gasteiger partial charge in [0, 0.05) is 0 Å². The second-order valence-corrected chi connectivity index (χ2v) is 4.69. The summed E-state index contributed by atoms with van der Waals surface area (Å²) in [5, 5.41) is 14.2. The minimum atomic E-state index is -0.531. The second kappa shape index (κ2) is 5.42. The van der Waals surface area contributed by atoms with E-state index in [0.717, 1.165) is 5.56 Å². The first-order chi connectivity index (χ1) is 8.95. The van der Waals surface area contributed by atoms with Gasteiger partial charge < -0.3 is 5.32 Å². The molecule has 1 aromatic carbocycles. The van der Waals surface area contributed by atoms with Gasteiger partial charge in [0.2, 0.25) is 0 Å². The molecule has 0 fully saturated rings. The third-order valence-corrected chi connectivity index (χ3v) is 2.90. The fraction of sp³-hybridized carbons (Fsp3) is 0.0833.